The van der Waals surface area contributed by atoms with Crippen LogP contribution in [0.3, 0.4) is 0 Å². The zero-order valence-electron chi connectivity index (χ0n) is 11.8. The smallest absolute Gasteiger partial charge is 0.316 e. The fraction of sp³-hybridized carbons (Fsp3) is 0.500. The predicted molar refractivity (Wildman–Crippen MR) is 77.1 cm³/mol. The highest BCUT2D eigenvalue weighted by Gasteiger charge is 2.31. The molecule has 0 aliphatic carbocycles. The monoisotopic (exact) mass is 346 g/mol. The van der Waals surface area contributed by atoms with Gasteiger partial charge in [-0.1, -0.05) is 0 Å². The van der Waals surface area contributed by atoms with Crippen LogP contribution in [0.5, 0.6) is 0 Å². The van der Waals surface area contributed by atoms with E-state index in [1.54, 1.807) is 14.0 Å². The second-order valence-corrected chi connectivity index (χ2v) is 6.26. The van der Waals surface area contributed by atoms with E-state index in [-0.39, 0.29) is 35.5 Å². The maximum Gasteiger partial charge on any atom is 0.416 e. The summed E-state index contributed by atoms with van der Waals surface area (Å²) in [5.41, 5.74) is -0.804. The van der Waals surface area contributed by atoms with Crippen molar-refractivity contribution in [1.82, 2.24) is 10.0 Å². The van der Waals surface area contributed by atoms with E-state index < -0.39 is 21.8 Å². The standard InChI is InChI=1S/C12H17F3N2O2S.ClH/c1-8-6-10(12(13,14)15)4-5-11(8)20(18,19)17-7-9(2)16-3;/h4-6,9,16-17H,7H2,1-3H3;1H. The molecule has 0 saturated carbocycles. The topological polar surface area (TPSA) is 58.2 Å². The average Bonchev–Trinajstić information content (AvgIpc) is 2.34. The normalized spacial score (nSPS) is 13.6. The van der Waals surface area contributed by atoms with Gasteiger partial charge in [-0.05, 0) is 44.7 Å². The molecular formula is C12H18ClF3N2O2S. The van der Waals surface area contributed by atoms with Gasteiger partial charge >= 0.3 is 6.18 Å². The van der Waals surface area contributed by atoms with Gasteiger partial charge < -0.3 is 5.32 Å². The van der Waals surface area contributed by atoms with Crippen molar-refractivity contribution in [2.24, 2.45) is 0 Å². The molecule has 2 N–H and O–H groups in total. The molecule has 1 rings (SSSR count). The number of likely N-dealkylation sites (N-methyl/N-ethyl adjacent to an activating group) is 1. The van der Waals surface area contributed by atoms with Gasteiger partial charge in [-0.25, -0.2) is 13.1 Å². The third kappa shape index (κ3) is 5.46. The summed E-state index contributed by atoms with van der Waals surface area (Å²) in [6.45, 7) is 3.27. The van der Waals surface area contributed by atoms with Crippen LogP contribution in [0.4, 0.5) is 13.2 Å². The average molecular weight is 347 g/mol. The Balaban J connectivity index is 0.00000400. The quantitative estimate of drug-likeness (QED) is 0.860. The molecule has 1 aromatic rings. The lowest BCUT2D eigenvalue weighted by atomic mass is 10.1. The molecule has 1 atom stereocenters. The van der Waals surface area contributed by atoms with E-state index >= 15 is 0 Å². The zero-order chi connectivity index (χ0) is 15.6. The summed E-state index contributed by atoms with van der Waals surface area (Å²) in [7, 11) is -2.13. The lowest BCUT2D eigenvalue weighted by molar-refractivity contribution is -0.137. The lowest BCUT2D eigenvalue weighted by Gasteiger charge is -2.14. The molecule has 1 unspecified atom stereocenters. The second kappa shape index (κ2) is 7.44. The van der Waals surface area contributed by atoms with Crippen LogP contribution >= 0.6 is 12.4 Å². The van der Waals surface area contributed by atoms with Crippen LogP contribution in [0, 0.1) is 6.92 Å². The molecule has 0 heterocycles. The van der Waals surface area contributed by atoms with Gasteiger partial charge in [0.2, 0.25) is 10.0 Å². The molecule has 0 aromatic heterocycles. The fourth-order valence-corrected chi connectivity index (χ4v) is 2.90. The van der Waals surface area contributed by atoms with E-state index in [0.29, 0.717) is 0 Å². The molecule has 21 heavy (non-hydrogen) atoms. The first-order valence-electron chi connectivity index (χ1n) is 5.92. The van der Waals surface area contributed by atoms with Crippen molar-refractivity contribution in [3.05, 3.63) is 29.3 Å². The fourth-order valence-electron chi connectivity index (χ4n) is 1.54. The Morgan fingerprint density at radius 1 is 1.29 bits per heavy atom. The first kappa shape index (κ1) is 20.2. The molecule has 9 heteroatoms. The Hall–Kier alpha value is -0.830. The SMILES string of the molecule is CNC(C)CNS(=O)(=O)c1ccc(C(F)(F)F)cc1C.Cl. The molecule has 4 nitrogen and oxygen atoms in total. The Labute approximate surface area is 128 Å². The lowest BCUT2D eigenvalue weighted by Crippen LogP contribution is -2.37. The minimum absolute atomic E-state index is 0. The molecule has 0 fully saturated rings. The van der Waals surface area contributed by atoms with Crippen molar-refractivity contribution in [3.8, 4) is 0 Å². The van der Waals surface area contributed by atoms with E-state index in [2.05, 4.69) is 10.0 Å². The molecule has 1 aromatic carbocycles. The number of nitrogens with one attached hydrogen (secondary N) is 2. The van der Waals surface area contributed by atoms with Crippen molar-refractivity contribution in [1.29, 1.82) is 0 Å². The van der Waals surface area contributed by atoms with E-state index in [1.165, 1.54) is 6.92 Å². The van der Waals surface area contributed by atoms with Crippen LogP contribution in [0.25, 0.3) is 0 Å². The maximum absolute atomic E-state index is 12.5. The number of hydrogen-bond donors (Lipinski definition) is 2. The van der Waals surface area contributed by atoms with Crippen LogP contribution < -0.4 is 10.0 Å². The largest absolute Gasteiger partial charge is 0.416 e. The molecule has 0 aliphatic heterocycles. The highest BCUT2D eigenvalue weighted by molar-refractivity contribution is 7.89. The summed E-state index contributed by atoms with van der Waals surface area (Å²) in [6.07, 6.45) is -4.48. The minimum Gasteiger partial charge on any atom is -0.316 e. The van der Waals surface area contributed by atoms with Crippen molar-refractivity contribution in [2.45, 2.75) is 31.0 Å². The zero-order valence-corrected chi connectivity index (χ0v) is 13.4. The van der Waals surface area contributed by atoms with E-state index in [4.69, 9.17) is 0 Å². The van der Waals surface area contributed by atoms with Crippen molar-refractivity contribution < 1.29 is 21.6 Å². The predicted octanol–water partition coefficient (Wildman–Crippen LogP) is 2.32. The van der Waals surface area contributed by atoms with Gasteiger partial charge in [0.25, 0.3) is 0 Å². The van der Waals surface area contributed by atoms with Crippen LogP contribution in [0.1, 0.15) is 18.1 Å². The molecular weight excluding hydrogens is 329 g/mol. The molecule has 0 amide bonds. The number of aryl methyl sites for hydroxylation is 1. The first-order valence-corrected chi connectivity index (χ1v) is 7.41. The highest BCUT2D eigenvalue weighted by Crippen LogP contribution is 2.31. The summed E-state index contributed by atoms with van der Waals surface area (Å²) in [6, 6.07) is 2.49. The molecule has 0 aliphatic rings. The van der Waals surface area contributed by atoms with Crippen LogP contribution in [-0.4, -0.2) is 28.1 Å². The number of hydrogen-bond acceptors (Lipinski definition) is 3. The number of benzene rings is 1. The Morgan fingerprint density at radius 2 is 1.86 bits per heavy atom. The van der Waals surface area contributed by atoms with Crippen molar-refractivity contribution in [3.63, 3.8) is 0 Å². The minimum atomic E-state index is -4.48. The maximum atomic E-state index is 12.5. The summed E-state index contributed by atoms with van der Waals surface area (Å²) in [5.74, 6) is 0. The van der Waals surface area contributed by atoms with Gasteiger partial charge in [0.15, 0.2) is 0 Å². The van der Waals surface area contributed by atoms with Crippen molar-refractivity contribution >= 4 is 22.4 Å². The third-order valence-corrected chi connectivity index (χ3v) is 4.45. The van der Waals surface area contributed by atoms with E-state index in [0.717, 1.165) is 18.2 Å². The highest BCUT2D eigenvalue weighted by atomic mass is 35.5. The summed E-state index contributed by atoms with van der Waals surface area (Å²) < 4.78 is 63.9. The number of halogens is 4. The van der Waals surface area contributed by atoms with E-state index in [1.807, 2.05) is 0 Å². The van der Waals surface area contributed by atoms with Gasteiger partial charge in [0.1, 0.15) is 0 Å². The first-order chi connectivity index (χ1) is 9.08. The Morgan fingerprint density at radius 3 is 2.29 bits per heavy atom. The number of sulfonamides is 1. The summed E-state index contributed by atoms with van der Waals surface area (Å²) in [4.78, 5) is -0.145. The van der Waals surface area contributed by atoms with Crippen LogP contribution in [0.15, 0.2) is 23.1 Å². The van der Waals surface area contributed by atoms with Crippen molar-refractivity contribution in [2.75, 3.05) is 13.6 Å². The molecule has 0 radical (unpaired) electrons. The molecule has 122 valence electrons. The number of rotatable bonds is 5. The Bertz CT molecular complexity index is 576. The molecule has 0 bridgehead atoms. The Kier molecular flexibility index (Phi) is 7.14. The van der Waals surface area contributed by atoms with Crippen LogP contribution in [0.2, 0.25) is 0 Å². The van der Waals surface area contributed by atoms with Crippen LogP contribution in [-0.2, 0) is 16.2 Å². The summed E-state index contributed by atoms with van der Waals surface area (Å²) in [5, 5.41) is 2.86. The number of alkyl halides is 3. The molecule has 0 spiro atoms. The third-order valence-electron chi connectivity index (χ3n) is 2.86. The second-order valence-electron chi connectivity index (χ2n) is 4.52. The van der Waals surface area contributed by atoms with Gasteiger partial charge in [0, 0.05) is 12.6 Å². The van der Waals surface area contributed by atoms with Gasteiger partial charge in [-0.15, -0.1) is 12.4 Å². The van der Waals surface area contributed by atoms with E-state index in [9.17, 15) is 21.6 Å². The summed E-state index contributed by atoms with van der Waals surface area (Å²) >= 11 is 0. The van der Waals surface area contributed by atoms with Gasteiger partial charge in [0.05, 0.1) is 10.5 Å². The van der Waals surface area contributed by atoms with Gasteiger partial charge in [-0.3, -0.25) is 0 Å². The molecule has 0 saturated heterocycles. The van der Waals surface area contributed by atoms with Gasteiger partial charge in [-0.2, -0.15) is 13.2 Å².